The van der Waals surface area contributed by atoms with Gasteiger partial charge in [-0.15, -0.1) is 0 Å². The largest absolute Gasteiger partial charge is 0.366 e. The van der Waals surface area contributed by atoms with Gasteiger partial charge in [0.2, 0.25) is 0 Å². The Bertz CT molecular complexity index is 1200. The molecule has 0 bridgehead atoms. The number of nitrogens with one attached hydrogen (secondary N) is 1. The van der Waals surface area contributed by atoms with Crippen molar-refractivity contribution in [3.8, 4) is 0 Å². The lowest BCUT2D eigenvalue weighted by molar-refractivity contribution is -0.122. The van der Waals surface area contributed by atoms with Gasteiger partial charge in [-0.05, 0) is 62.2 Å². The molecule has 0 saturated carbocycles. The molecule has 1 N–H and O–H groups in total. The number of anilines is 2. The molecule has 2 aromatic carbocycles. The monoisotopic (exact) mass is 419 g/mol. The molecule has 2 aliphatic heterocycles. The summed E-state index contributed by atoms with van der Waals surface area (Å²) >= 11 is 0. The number of hydrogen-bond acceptors (Lipinski definition) is 4. The predicted molar refractivity (Wildman–Crippen MR) is 118 cm³/mol. The molecular formula is C24H22FN3O3. The fourth-order valence-electron chi connectivity index (χ4n) is 3.94. The molecule has 0 unspecified atom stereocenters. The van der Waals surface area contributed by atoms with Gasteiger partial charge in [0, 0.05) is 18.3 Å². The SMILES string of the molecule is CC1=CC(C)(C)N(C)c2ccc(/C=C3/C(=O)NC(=O)N(c4ccccc4F)C3=O)cc21. The number of halogens is 1. The molecule has 4 rings (SSSR count). The molecule has 0 spiro atoms. The van der Waals surface area contributed by atoms with Gasteiger partial charge in [-0.3, -0.25) is 14.9 Å². The first-order valence-corrected chi connectivity index (χ1v) is 9.84. The van der Waals surface area contributed by atoms with Crippen molar-refractivity contribution in [2.75, 3.05) is 16.8 Å². The van der Waals surface area contributed by atoms with Crippen molar-refractivity contribution in [2.45, 2.75) is 26.3 Å². The maximum absolute atomic E-state index is 14.2. The van der Waals surface area contributed by atoms with E-state index >= 15 is 0 Å². The van der Waals surface area contributed by atoms with Crippen LogP contribution in [0.1, 0.15) is 31.9 Å². The van der Waals surface area contributed by atoms with Crippen molar-refractivity contribution in [3.05, 3.63) is 71.1 Å². The number of likely N-dealkylation sites (N-methyl/N-ethyl adjacent to an activating group) is 1. The number of fused-ring (bicyclic) bond motifs is 1. The van der Waals surface area contributed by atoms with Crippen molar-refractivity contribution in [2.24, 2.45) is 0 Å². The highest BCUT2D eigenvalue weighted by atomic mass is 19.1. The smallest absolute Gasteiger partial charge is 0.336 e. The Labute approximate surface area is 179 Å². The van der Waals surface area contributed by atoms with Crippen LogP contribution in [-0.4, -0.2) is 30.4 Å². The van der Waals surface area contributed by atoms with Crippen LogP contribution in [0.5, 0.6) is 0 Å². The average Bonchev–Trinajstić information content (AvgIpc) is 2.70. The van der Waals surface area contributed by atoms with Crippen LogP contribution in [0.3, 0.4) is 0 Å². The molecule has 0 radical (unpaired) electrons. The van der Waals surface area contributed by atoms with Crippen molar-refractivity contribution < 1.29 is 18.8 Å². The number of nitrogens with zero attached hydrogens (tertiary/aromatic N) is 2. The summed E-state index contributed by atoms with van der Waals surface area (Å²) in [5, 5.41) is 2.12. The van der Waals surface area contributed by atoms with Crippen LogP contribution in [0, 0.1) is 5.82 Å². The highest BCUT2D eigenvalue weighted by molar-refractivity contribution is 6.39. The van der Waals surface area contributed by atoms with Crippen LogP contribution in [0.25, 0.3) is 11.6 Å². The Kier molecular flexibility index (Phi) is 4.76. The Balaban J connectivity index is 1.76. The molecule has 1 fully saturated rings. The predicted octanol–water partition coefficient (Wildman–Crippen LogP) is 4.12. The standard InChI is InChI=1S/C24H22FN3O3/c1-14-13-24(2,3)27(4)19-10-9-15(11-16(14)19)12-17-21(29)26-23(31)28(22(17)30)20-8-6-5-7-18(20)25/h5-13H,1-4H3,(H,26,29,31)/b17-12-. The van der Waals surface area contributed by atoms with E-state index in [1.165, 1.54) is 24.3 Å². The Morgan fingerprint density at radius 1 is 1.03 bits per heavy atom. The molecule has 1 saturated heterocycles. The van der Waals surface area contributed by atoms with Gasteiger partial charge in [-0.2, -0.15) is 0 Å². The summed E-state index contributed by atoms with van der Waals surface area (Å²) in [5.74, 6) is -2.42. The van der Waals surface area contributed by atoms with Gasteiger partial charge in [-0.25, -0.2) is 14.1 Å². The topological polar surface area (TPSA) is 69.7 Å². The zero-order valence-electron chi connectivity index (χ0n) is 17.7. The summed E-state index contributed by atoms with van der Waals surface area (Å²) in [4.78, 5) is 40.5. The van der Waals surface area contributed by atoms with Crippen molar-refractivity contribution in [1.82, 2.24) is 5.32 Å². The lowest BCUT2D eigenvalue weighted by Crippen LogP contribution is -2.54. The Morgan fingerprint density at radius 3 is 2.45 bits per heavy atom. The Hall–Kier alpha value is -3.74. The Morgan fingerprint density at radius 2 is 1.74 bits per heavy atom. The summed E-state index contributed by atoms with van der Waals surface area (Å²) < 4.78 is 14.2. The van der Waals surface area contributed by atoms with E-state index in [4.69, 9.17) is 0 Å². The third-order valence-electron chi connectivity index (χ3n) is 5.75. The minimum Gasteiger partial charge on any atom is -0.366 e. The van der Waals surface area contributed by atoms with E-state index in [-0.39, 0.29) is 16.8 Å². The van der Waals surface area contributed by atoms with Crippen molar-refractivity contribution in [1.29, 1.82) is 0 Å². The van der Waals surface area contributed by atoms with E-state index in [2.05, 4.69) is 30.1 Å². The fraction of sp³-hybridized carbons (Fsp3) is 0.208. The highest BCUT2D eigenvalue weighted by Gasteiger charge is 2.38. The van der Waals surface area contributed by atoms with Crippen LogP contribution in [0.4, 0.5) is 20.6 Å². The number of para-hydroxylation sites is 1. The molecule has 2 aliphatic rings. The second-order valence-electron chi connectivity index (χ2n) is 8.23. The average molecular weight is 419 g/mol. The lowest BCUT2D eigenvalue weighted by atomic mass is 9.88. The molecule has 6 nitrogen and oxygen atoms in total. The lowest BCUT2D eigenvalue weighted by Gasteiger charge is -2.40. The first-order valence-electron chi connectivity index (χ1n) is 9.84. The summed E-state index contributed by atoms with van der Waals surface area (Å²) in [5.41, 5.74) is 3.14. The number of hydrogen-bond donors (Lipinski definition) is 1. The molecule has 0 aliphatic carbocycles. The fourth-order valence-corrected chi connectivity index (χ4v) is 3.94. The molecule has 0 aromatic heterocycles. The van der Waals surface area contributed by atoms with Gasteiger partial charge in [0.05, 0.1) is 11.2 Å². The molecule has 4 amide bonds. The van der Waals surface area contributed by atoms with Gasteiger partial charge >= 0.3 is 6.03 Å². The van der Waals surface area contributed by atoms with Crippen LogP contribution in [-0.2, 0) is 9.59 Å². The zero-order valence-corrected chi connectivity index (χ0v) is 17.7. The summed E-state index contributed by atoms with van der Waals surface area (Å²) in [6.07, 6.45) is 3.58. The van der Waals surface area contributed by atoms with Crippen molar-refractivity contribution in [3.63, 3.8) is 0 Å². The van der Waals surface area contributed by atoms with Gasteiger partial charge < -0.3 is 4.90 Å². The third kappa shape index (κ3) is 3.42. The quantitative estimate of drug-likeness (QED) is 0.587. The molecule has 7 heteroatoms. The maximum Gasteiger partial charge on any atom is 0.336 e. The second-order valence-corrected chi connectivity index (χ2v) is 8.23. The molecule has 31 heavy (non-hydrogen) atoms. The maximum atomic E-state index is 14.2. The minimum atomic E-state index is -0.981. The van der Waals surface area contributed by atoms with E-state index in [1.54, 1.807) is 6.07 Å². The number of amides is 4. The number of carbonyl (C=O) groups excluding carboxylic acids is 3. The van der Waals surface area contributed by atoms with E-state index in [9.17, 15) is 18.8 Å². The molecule has 2 aromatic rings. The number of rotatable bonds is 2. The minimum absolute atomic E-state index is 0.142. The molecule has 0 atom stereocenters. The van der Waals surface area contributed by atoms with Gasteiger partial charge in [0.25, 0.3) is 11.8 Å². The van der Waals surface area contributed by atoms with Gasteiger partial charge in [0.1, 0.15) is 11.4 Å². The van der Waals surface area contributed by atoms with Gasteiger partial charge in [-0.1, -0.05) is 24.3 Å². The number of urea groups is 1. The van der Waals surface area contributed by atoms with E-state index < -0.39 is 23.7 Å². The van der Waals surface area contributed by atoms with E-state index in [1.807, 2.05) is 26.1 Å². The summed E-state index contributed by atoms with van der Waals surface area (Å²) in [6, 6.07) is 10.1. The zero-order chi connectivity index (χ0) is 22.5. The first-order chi connectivity index (χ1) is 14.6. The molecule has 2 heterocycles. The van der Waals surface area contributed by atoms with Crippen LogP contribution in [0.2, 0.25) is 0 Å². The van der Waals surface area contributed by atoms with Crippen LogP contribution >= 0.6 is 0 Å². The van der Waals surface area contributed by atoms with Gasteiger partial charge in [0.15, 0.2) is 0 Å². The molecule has 158 valence electrons. The molecular weight excluding hydrogens is 397 g/mol. The number of allylic oxidation sites excluding steroid dienone is 1. The first kappa shape index (κ1) is 20.5. The van der Waals surface area contributed by atoms with Crippen LogP contribution < -0.4 is 15.1 Å². The normalized spacial score (nSPS) is 19.3. The summed E-state index contributed by atoms with van der Waals surface area (Å²) in [6.45, 7) is 6.25. The number of imide groups is 2. The van der Waals surface area contributed by atoms with Crippen molar-refractivity contribution >= 4 is 40.9 Å². The van der Waals surface area contributed by atoms with Crippen LogP contribution in [0.15, 0.2) is 54.1 Å². The van der Waals surface area contributed by atoms with E-state index in [0.717, 1.165) is 22.9 Å². The summed E-state index contributed by atoms with van der Waals surface area (Å²) in [7, 11) is 2.01. The number of carbonyl (C=O) groups is 3. The van der Waals surface area contributed by atoms with E-state index in [0.29, 0.717) is 10.5 Å². The highest BCUT2D eigenvalue weighted by Crippen LogP contribution is 2.38. The number of benzene rings is 2. The second kappa shape index (κ2) is 7.19. The third-order valence-corrected chi connectivity index (χ3v) is 5.75. The number of barbiturate groups is 1.